The van der Waals surface area contributed by atoms with Crippen LogP contribution in [0.15, 0.2) is 84.9 Å². The van der Waals surface area contributed by atoms with Crippen molar-refractivity contribution in [3.63, 3.8) is 0 Å². The molecule has 0 N–H and O–H groups in total. The second-order valence-electron chi connectivity index (χ2n) is 7.65. The summed E-state index contributed by atoms with van der Waals surface area (Å²) in [6.07, 6.45) is 0. The van der Waals surface area contributed by atoms with Gasteiger partial charge in [0.2, 0.25) is 0 Å². The minimum Gasteiger partial charge on any atom is -0.344 e. The van der Waals surface area contributed by atoms with E-state index in [-0.39, 0.29) is 0 Å². The van der Waals surface area contributed by atoms with Gasteiger partial charge < -0.3 is 9.13 Å². The van der Waals surface area contributed by atoms with Crippen LogP contribution in [0.5, 0.6) is 0 Å². The lowest BCUT2D eigenvalue weighted by Gasteiger charge is -2.08. The van der Waals surface area contributed by atoms with Crippen molar-refractivity contribution < 1.29 is 0 Å². The summed E-state index contributed by atoms with van der Waals surface area (Å²) in [6, 6.07) is 30.9. The van der Waals surface area contributed by atoms with E-state index in [1.807, 2.05) is 0 Å². The van der Waals surface area contributed by atoms with Gasteiger partial charge in [-0.05, 0) is 49.4 Å². The highest BCUT2D eigenvalue weighted by Crippen LogP contribution is 2.35. The van der Waals surface area contributed by atoms with Gasteiger partial charge in [0, 0.05) is 45.3 Å². The summed E-state index contributed by atoms with van der Waals surface area (Å²) in [7, 11) is 2.15. The van der Waals surface area contributed by atoms with Crippen LogP contribution in [0.2, 0.25) is 0 Å². The number of hydrogen-bond acceptors (Lipinski definition) is 0. The fourth-order valence-electron chi connectivity index (χ4n) is 4.66. The normalized spacial score (nSPS) is 11.9. The summed E-state index contributed by atoms with van der Waals surface area (Å²) in [5.74, 6) is 0. The molecule has 134 valence electrons. The molecule has 6 rings (SSSR count). The Balaban J connectivity index is 1.76. The van der Waals surface area contributed by atoms with Crippen molar-refractivity contribution in [1.29, 1.82) is 0 Å². The van der Waals surface area contributed by atoms with Gasteiger partial charge in [-0.1, -0.05) is 48.0 Å². The average molecular weight is 360 g/mol. The number of rotatable bonds is 1. The van der Waals surface area contributed by atoms with Crippen LogP contribution in [0, 0.1) is 6.92 Å². The molecule has 0 aliphatic heterocycles. The van der Waals surface area contributed by atoms with Crippen molar-refractivity contribution in [3.8, 4) is 5.69 Å². The highest BCUT2D eigenvalue weighted by atomic mass is 15.0. The molecular weight excluding hydrogens is 340 g/mol. The van der Waals surface area contributed by atoms with E-state index in [9.17, 15) is 0 Å². The number of benzene rings is 4. The minimum absolute atomic E-state index is 1.21. The SMILES string of the molecule is Cc1ccc2c(c1)c1cc(-n3c4ccccc4c4ccccc43)ccc1n2C. The van der Waals surface area contributed by atoms with E-state index in [4.69, 9.17) is 0 Å². The summed E-state index contributed by atoms with van der Waals surface area (Å²) in [4.78, 5) is 0. The number of para-hydroxylation sites is 2. The first-order valence-corrected chi connectivity index (χ1v) is 9.70. The van der Waals surface area contributed by atoms with Gasteiger partial charge >= 0.3 is 0 Å². The van der Waals surface area contributed by atoms with E-state index >= 15 is 0 Å². The van der Waals surface area contributed by atoms with Crippen molar-refractivity contribution in [2.75, 3.05) is 0 Å². The average Bonchev–Trinajstić information content (AvgIpc) is 3.20. The molecule has 28 heavy (non-hydrogen) atoms. The van der Waals surface area contributed by atoms with Crippen molar-refractivity contribution in [1.82, 2.24) is 9.13 Å². The molecule has 0 fully saturated rings. The molecule has 0 bridgehead atoms. The second kappa shape index (κ2) is 5.49. The van der Waals surface area contributed by atoms with Gasteiger partial charge in [0.15, 0.2) is 0 Å². The van der Waals surface area contributed by atoms with Crippen LogP contribution in [-0.2, 0) is 7.05 Å². The topological polar surface area (TPSA) is 9.86 Å². The molecule has 0 unspecified atom stereocenters. The smallest absolute Gasteiger partial charge is 0.0541 e. The maximum absolute atomic E-state index is 2.39. The van der Waals surface area contributed by atoms with Gasteiger partial charge in [0.05, 0.1) is 11.0 Å². The van der Waals surface area contributed by atoms with Crippen LogP contribution in [-0.4, -0.2) is 9.13 Å². The van der Waals surface area contributed by atoms with E-state index in [0.717, 1.165) is 0 Å². The first-order valence-electron chi connectivity index (χ1n) is 9.70. The molecule has 0 atom stereocenters. The van der Waals surface area contributed by atoms with E-state index in [1.54, 1.807) is 0 Å². The molecule has 0 spiro atoms. The number of fused-ring (bicyclic) bond motifs is 6. The molecular formula is C26H20N2. The summed E-state index contributed by atoms with van der Waals surface area (Å²) >= 11 is 0. The molecule has 0 aliphatic rings. The molecule has 0 radical (unpaired) electrons. The van der Waals surface area contributed by atoms with Gasteiger partial charge in [-0.3, -0.25) is 0 Å². The maximum atomic E-state index is 2.39. The van der Waals surface area contributed by atoms with Gasteiger partial charge in [0.25, 0.3) is 0 Å². The lowest BCUT2D eigenvalue weighted by molar-refractivity contribution is 1.01. The molecule has 0 saturated heterocycles. The molecule has 2 aromatic heterocycles. The largest absolute Gasteiger partial charge is 0.344 e. The highest BCUT2D eigenvalue weighted by Gasteiger charge is 2.14. The lowest BCUT2D eigenvalue weighted by Crippen LogP contribution is -1.94. The Morgan fingerprint density at radius 3 is 1.79 bits per heavy atom. The number of aryl methyl sites for hydroxylation is 2. The zero-order valence-corrected chi connectivity index (χ0v) is 16.0. The fraction of sp³-hybridized carbons (Fsp3) is 0.0769. The van der Waals surface area contributed by atoms with Gasteiger partial charge in [-0.25, -0.2) is 0 Å². The van der Waals surface area contributed by atoms with Crippen molar-refractivity contribution in [2.45, 2.75) is 6.92 Å². The standard InChI is InChI=1S/C26H20N2/c1-17-11-13-23-21(15-17)22-16-18(12-14-24(22)27(23)2)28-25-9-5-3-7-19(25)20-8-4-6-10-26(20)28/h3-16H,1-2H3. The zero-order valence-electron chi connectivity index (χ0n) is 16.0. The predicted octanol–water partition coefficient (Wildman–Crippen LogP) is 6.74. The van der Waals surface area contributed by atoms with Crippen LogP contribution in [0.4, 0.5) is 0 Å². The Labute approximate surface area is 163 Å². The van der Waals surface area contributed by atoms with Crippen LogP contribution < -0.4 is 0 Å². The Kier molecular flexibility index (Phi) is 3.05. The zero-order chi connectivity index (χ0) is 18.8. The maximum Gasteiger partial charge on any atom is 0.0541 e. The third-order valence-electron chi connectivity index (χ3n) is 5.98. The van der Waals surface area contributed by atoms with Crippen molar-refractivity contribution in [3.05, 3.63) is 90.5 Å². The number of hydrogen-bond donors (Lipinski definition) is 0. The summed E-state index contributed by atoms with van der Waals surface area (Å²) < 4.78 is 4.68. The van der Waals surface area contributed by atoms with E-state index < -0.39 is 0 Å². The van der Waals surface area contributed by atoms with E-state index in [2.05, 4.69) is 108 Å². The van der Waals surface area contributed by atoms with Crippen LogP contribution >= 0.6 is 0 Å². The van der Waals surface area contributed by atoms with E-state index in [1.165, 1.54) is 54.9 Å². The second-order valence-corrected chi connectivity index (χ2v) is 7.65. The van der Waals surface area contributed by atoms with Crippen LogP contribution in [0.3, 0.4) is 0 Å². The van der Waals surface area contributed by atoms with Gasteiger partial charge in [-0.2, -0.15) is 0 Å². The monoisotopic (exact) mass is 360 g/mol. The summed E-state index contributed by atoms with van der Waals surface area (Å²) in [6.45, 7) is 2.16. The van der Waals surface area contributed by atoms with E-state index in [0.29, 0.717) is 0 Å². The molecule has 2 heteroatoms. The lowest BCUT2D eigenvalue weighted by atomic mass is 10.1. The molecule has 0 saturated carbocycles. The summed E-state index contributed by atoms with van der Waals surface area (Å²) in [5.41, 5.74) is 7.55. The predicted molar refractivity (Wildman–Crippen MR) is 120 cm³/mol. The van der Waals surface area contributed by atoms with Crippen molar-refractivity contribution in [2.24, 2.45) is 7.05 Å². The van der Waals surface area contributed by atoms with Gasteiger partial charge in [0.1, 0.15) is 0 Å². The Morgan fingerprint density at radius 2 is 1.11 bits per heavy atom. The highest BCUT2D eigenvalue weighted by molar-refractivity contribution is 6.11. The number of nitrogens with zero attached hydrogens (tertiary/aromatic N) is 2. The van der Waals surface area contributed by atoms with Crippen molar-refractivity contribution >= 4 is 43.6 Å². The Hall–Kier alpha value is -3.52. The number of aromatic nitrogens is 2. The molecule has 6 aromatic rings. The van der Waals surface area contributed by atoms with Crippen LogP contribution in [0.25, 0.3) is 49.3 Å². The molecule has 2 heterocycles. The third-order valence-corrected chi connectivity index (χ3v) is 5.98. The molecule has 0 amide bonds. The first kappa shape index (κ1) is 15.5. The Bertz CT molecular complexity index is 1480. The fourth-order valence-corrected chi connectivity index (χ4v) is 4.66. The molecule has 4 aromatic carbocycles. The Morgan fingerprint density at radius 1 is 0.536 bits per heavy atom. The molecule has 0 aliphatic carbocycles. The quantitative estimate of drug-likeness (QED) is 0.307. The minimum atomic E-state index is 1.21. The first-order chi connectivity index (χ1) is 13.7. The van der Waals surface area contributed by atoms with Gasteiger partial charge in [-0.15, -0.1) is 0 Å². The third kappa shape index (κ3) is 1.97. The van der Waals surface area contributed by atoms with Crippen LogP contribution in [0.1, 0.15) is 5.56 Å². The molecule has 2 nitrogen and oxygen atoms in total. The summed E-state index contributed by atoms with van der Waals surface area (Å²) in [5, 5.41) is 5.22.